The summed E-state index contributed by atoms with van der Waals surface area (Å²) in [6.45, 7) is 4.13. The van der Waals surface area contributed by atoms with E-state index in [1.165, 1.54) is 25.0 Å². The van der Waals surface area contributed by atoms with Gasteiger partial charge in [0.15, 0.2) is 11.5 Å². The number of carbonyl (C=O) groups excluding carboxylic acids is 1. The van der Waals surface area contributed by atoms with Gasteiger partial charge in [-0.05, 0) is 62.2 Å². The molecule has 0 spiro atoms. The highest BCUT2D eigenvalue weighted by molar-refractivity contribution is 5.95. The number of hydrogen-bond donors (Lipinski definition) is 5. The highest BCUT2D eigenvalue weighted by Gasteiger charge is 2.13. The number of phenolic OH excluding ortho intramolecular Hbond substituents is 2. The molecule has 4 rings (SSSR count). The van der Waals surface area contributed by atoms with Gasteiger partial charge in [0.2, 0.25) is 0 Å². The number of nitrogens with zero attached hydrogens (tertiary/aromatic N) is 3. The van der Waals surface area contributed by atoms with Crippen molar-refractivity contribution in [3.63, 3.8) is 0 Å². The van der Waals surface area contributed by atoms with Crippen LogP contribution in [0.1, 0.15) is 28.8 Å². The molecule has 0 bridgehead atoms. The van der Waals surface area contributed by atoms with Crippen molar-refractivity contribution in [2.75, 3.05) is 38.0 Å². The van der Waals surface area contributed by atoms with Crippen LogP contribution in [0.5, 0.6) is 17.5 Å². The monoisotopic (exact) mass is 463 g/mol. The van der Waals surface area contributed by atoms with E-state index < -0.39 is 0 Å². The third kappa shape index (κ3) is 6.14. The van der Waals surface area contributed by atoms with Crippen LogP contribution < -0.4 is 10.6 Å². The first-order valence-corrected chi connectivity index (χ1v) is 11.4. The number of phenols is 2. The lowest BCUT2D eigenvalue weighted by Gasteiger charge is -2.15. The number of hydrogen-bond acceptors (Lipinski definition) is 8. The Kier molecular flexibility index (Phi) is 7.44. The number of benzene rings is 2. The van der Waals surface area contributed by atoms with Crippen molar-refractivity contribution in [1.82, 2.24) is 20.2 Å². The maximum absolute atomic E-state index is 12.6. The third-order valence-electron chi connectivity index (χ3n) is 5.81. The molecule has 3 aromatic rings. The van der Waals surface area contributed by atoms with E-state index in [9.17, 15) is 20.1 Å². The highest BCUT2D eigenvalue weighted by atomic mass is 16.3. The summed E-state index contributed by atoms with van der Waals surface area (Å²) in [7, 11) is 0. The number of anilines is 1. The first-order chi connectivity index (χ1) is 16.5. The van der Waals surface area contributed by atoms with Gasteiger partial charge >= 0.3 is 6.01 Å². The zero-order valence-corrected chi connectivity index (χ0v) is 18.9. The fraction of sp³-hybridized carbons (Fsp3) is 0.320. The van der Waals surface area contributed by atoms with Crippen molar-refractivity contribution < 1.29 is 20.1 Å². The number of nitrogens with one attached hydrogen (secondary N) is 2. The van der Waals surface area contributed by atoms with Crippen LogP contribution in [-0.2, 0) is 6.42 Å². The maximum atomic E-state index is 12.6. The third-order valence-corrected chi connectivity index (χ3v) is 5.81. The maximum Gasteiger partial charge on any atom is 0.316 e. The summed E-state index contributed by atoms with van der Waals surface area (Å²) < 4.78 is 0. The summed E-state index contributed by atoms with van der Waals surface area (Å²) in [5, 5.41) is 35.2. The van der Waals surface area contributed by atoms with E-state index in [1.54, 1.807) is 30.3 Å². The fourth-order valence-electron chi connectivity index (χ4n) is 3.99. The standard InChI is InChI=1S/C25H29N5O4/c31-21-7-6-17(14-22(21)32)8-9-26-23-16-20(28-25(34)29-23)18-4-3-5-19(15-18)24(33)27-10-13-30-11-1-2-12-30/h3-7,14-16,31-32H,1-2,8-13H2,(H,27,33)(H2,26,28,29,34). The molecule has 9 nitrogen and oxygen atoms in total. The Bertz CT molecular complexity index is 1150. The van der Waals surface area contributed by atoms with Gasteiger partial charge in [-0.3, -0.25) is 4.79 Å². The van der Waals surface area contributed by atoms with Gasteiger partial charge in [-0.2, -0.15) is 9.97 Å². The van der Waals surface area contributed by atoms with Crippen molar-refractivity contribution in [2.45, 2.75) is 19.3 Å². The second-order valence-corrected chi connectivity index (χ2v) is 8.32. The van der Waals surface area contributed by atoms with Crippen molar-refractivity contribution in [3.05, 3.63) is 59.7 Å². The first kappa shape index (κ1) is 23.3. The average Bonchev–Trinajstić information content (AvgIpc) is 3.35. The average molecular weight is 464 g/mol. The molecule has 1 aliphatic heterocycles. The van der Waals surface area contributed by atoms with E-state index in [2.05, 4.69) is 25.5 Å². The van der Waals surface area contributed by atoms with Gasteiger partial charge in [-0.15, -0.1) is 0 Å². The summed E-state index contributed by atoms with van der Waals surface area (Å²) in [6.07, 6.45) is 3.01. The molecular weight excluding hydrogens is 434 g/mol. The second-order valence-electron chi connectivity index (χ2n) is 8.32. The molecule has 1 amide bonds. The van der Waals surface area contributed by atoms with Gasteiger partial charge in [0.25, 0.3) is 5.91 Å². The predicted octanol–water partition coefficient (Wildman–Crippen LogP) is 2.74. The van der Waals surface area contributed by atoms with E-state index >= 15 is 0 Å². The van der Waals surface area contributed by atoms with E-state index in [4.69, 9.17) is 0 Å². The first-order valence-electron chi connectivity index (χ1n) is 11.4. The van der Waals surface area contributed by atoms with Gasteiger partial charge in [0, 0.05) is 36.8 Å². The largest absolute Gasteiger partial charge is 0.504 e. The second kappa shape index (κ2) is 10.8. The smallest absolute Gasteiger partial charge is 0.316 e. The van der Waals surface area contributed by atoms with Crippen LogP contribution in [-0.4, -0.2) is 68.8 Å². The van der Waals surface area contributed by atoms with Crippen LogP contribution in [0.15, 0.2) is 48.5 Å². The van der Waals surface area contributed by atoms with E-state index in [0.717, 1.165) is 25.2 Å². The summed E-state index contributed by atoms with van der Waals surface area (Å²) in [4.78, 5) is 23.1. The summed E-state index contributed by atoms with van der Waals surface area (Å²) in [5.41, 5.74) is 2.55. The van der Waals surface area contributed by atoms with E-state index in [-0.39, 0.29) is 23.4 Å². The van der Waals surface area contributed by atoms with Crippen molar-refractivity contribution in [2.24, 2.45) is 0 Å². The fourth-order valence-corrected chi connectivity index (χ4v) is 3.99. The van der Waals surface area contributed by atoms with Gasteiger partial charge < -0.3 is 30.9 Å². The normalized spacial score (nSPS) is 13.6. The zero-order valence-electron chi connectivity index (χ0n) is 18.9. The molecule has 1 fully saturated rings. The molecule has 1 saturated heterocycles. The molecule has 0 unspecified atom stereocenters. The molecule has 1 aliphatic rings. The number of amides is 1. The molecule has 1 aromatic heterocycles. The summed E-state index contributed by atoms with van der Waals surface area (Å²) in [6, 6.07) is 13.1. The predicted molar refractivity (Wildman–Crippen MR) is 129 cm³/mol. The number of likely N-dealkylation sites (tertiary alicyclic amines) is 1. The van der Waals surface area contributed by atoms with Gasteiger partial charge in [-0.25, -0.2) is 0 Å². The quantitative estimate of drug-likeness (QED) is 0.306. The molecule has 0 aliphatic carbocycles. The Hall–Kier alpha value is -3.85. The Morgan fingerprint density at radius 1 is 0.941 bits per heavy atom. The van der Waals surface area contributed by atoms with Crippen LogP contribution in [0.2, 0.25) is 0 Å². The Morgan fingerprint density at radius 2 is 1.76 bits per heavy atom. The number of aromatic nitrogens is 2. The molecule has 9 heteroatoms. The minimum absolute atomic E-state index is 0.144. The van der Waals surface area contributed by atoms with E-state index in [1.807, 2.05) is 6.07 Å². The summed E-state index contributed by atoms with van der Waals surface area (Å²) >= 11 is 0. The van der Waals surface area contributed by atoms with Crippen molar-refractivity contribution in [3.8, 4) is 28.8 Å². The lowest BCUT2D eigenvalue weighted by Crippen LogP contribution is -2.33. The van der Waals surface area contributed by atoms with Crippen LogP contribution in [0.3, 0.4) is 0 Å². The molecule has 0 radical (unpaired) electrons. The lowest BCUT2D eigenvalue weighted by atomic mass is 10.1. The topological polar surface area (TPSA) is 131 Å². The van der Waals surface area contributed by atoms with Gasteiger partial charge in [0.1, 0.15) is 5.82 Å². The Morgan fingerprint density at radius 3 is 2.56 bits per heavy atom. The molecule has 34 heavy (non-hydrogen) atoms. The lowest BCUT2D eigenvalue weighted by molar-refractivity contribution is 0.0949. The number of aromatic hydroxyl groups is 3. The molecule has 2 heterocycles. The molecule has 2 aromatic carbocycles. The van der Waals surface area contributed by atoms with Gasteiger partial charge in [-0.1, -0.05) is 18.2 Å². The zero-order chi connectivity index (χ0) is 23.9. The Labute approximate surface area is 198 Å². The minimum atomic E-state index is -0.372. The van der Waals surface area contributed by atoms with Crippen LogP contribution >= 0.6 is 0 Å². The Balaban J connectivity index is 1.38. The molecule has 178 valence electrons. The van der Waals surface area contributed by atoms with Crippen LogP contribution in [0, 0.1) is 0 Å². The van der Waals surface area contributed by atoms with Crippen molar-refractivity contribution in [1.29, 1.82) is 0 Å². The molecular formula is C25H29N5O4. The molecule has 0 saturated carbocycles. The van der Waals surface area contributed by atoms with Crippen LogP contribution in [0.25, 0.3) is 11.3 Å². The SMILES string of the molecule is O=C(NCCN1CCCC1)c1cccc(-c2cc(NCCc3ccc(O)c(O)c3)nc(O)n2)c1. The molecule has 5 N–H and O–H groups in total. The van der Waals surface area contributed by atoms with Crippen LogP contribution in [0.4, 0.5) is 5.82 Å². The highest BCUT2D eigenvalue weighted by Crippen LogP contribution is 2.26. The number of carbonyl (C=O) groups is 1. The van der Waals surface area contributed by atoms with Gasteiger partial charge in [0.05, 0.1) is 5.69 Å². The van der Waals surface area contributed by atoms with Crippen molar-refractivity contribution >= 4 is 11.7 Å². The molecule has 0 atom stereocenters. The number of rotatable bonds is 9. The van der Waals surface area contributed by atoms with E-state index in [0.29, 0.717) is 42.1 Å². The summed E-state index contributed by atoms with van der Waals surface area (Å²) in [5.74, 6) is -0.0372. The minimum Gasteiger partial charge on any atom is -0.504 e.